The standard InChI is InChI=1S/C18H30O3Si/c1-8-9-12-20-17(19)15-10-11-16(14(2)13-15)21-22(6,7)18(3,4)5/h10-11,13H,8-9,12H2,1-7H3. The fourth-order valence-electron chi connectivity index (χ4n) is 1.71. The van der Waals surface area contributed by atoms with E-state index >= 15 is 0 Å². The maximum atomic E-state index is 12.0. The predicted molar refractivity (Wildman–Crippen MR) is 94.2 cm³/mol. The lowest BCUT2D eigenvalue weighted by Crippen LogP contribution is -2.44. The smallest absolute Gasteiger partial charge is 0.338 e. The molecule has 4 heteroatoms. The Balaban J connectivity index is 2.84. The van der Waals surface area contributed by atoms with E-state index in [0.29, 0.717) is 12.2 Å². The third-order valence-electron chi connectivity index (χ3n) is 4.31. The molecule has 1 rings (SSSR count). The second kappa shape index (κ2) is 7.31. The molecular weight excluding hydrogens is 292 g/mol. The molecule has 0 atom stereocenters. The molecule has 124 valence electrons. The maximum Gasteiger partial charge on any atom is 0.338 e. The van der Waals surface area contributed by atoms with Crippen LogP contribution in [-0.2, 0) is 4.74 Å². The minimum atomic E-state index is -1.86. The lowest BCUT2D eigenvalue weighted by molar-refractivity contribution is 0.0499. The van der Waals surface area contributed by atoms with Crippen LogP contribution in [0.15, 0.2) is 18.2 Å². The molecule has 0 amide bonds. The Kier molecular flexibility index (Phi) is 6.24. The lowest BCUT2D eigenvalue weighted by Gasteiger charge is -2.37. The van der Waals surface area contributed by atoms with Crippen molar-refractivity contribution >= 4 is 14.3 Å². The molecule has 0 unspecified atom stereocenters. The van der Waals surface area contributed by atoms with Gasteiger partial charge in [-0.25, -0.2) is 4.79 Å². The van der Waals surface area contributed by atoms with Crippen LogP contribution in [0.4, 0.5) is 0 Å². The Morgan fingerprint density at radius 1 is 1.23 bits per heavy atom. The summed E-state index contributed by atoms with van der Waals surface area (Å²) in [5.74, 6) is 0.618. The molecule has 0 saturated carbocycles. The summed E-state index contributed by atoms with van der Waals surface area (Å²) in [6.07, 6.45) is 1.92. The summed E-state index contributed by atoms with van der Waals surface area (Å²) in [5.41, 5.74) is 1.57. The highest BCUT2D eigenvalue weighted by atomic mass is 28.4. The first-order valence-corrected chi connectivity index (χ1v) is 11.0. The number of esters is 1. The van der Waals surface area contributed by atoms with Crippen molar-refractivity contribution in [1.82, 2.24) is 0 Å². The summed E-state index contributed by atoms with van der Waals surface area (Å²) >= 11 is 0. The Bertz CT molecular complexity index is 516. The van der Waals surface area contributed by atoms with Crippen LogP contribution in [0.25, 0.3) is 0 Å². The van der Waals surface area contributed by atoms with Crippen LogP contribution in [0.2, 0.25) is 18.1 Å². The van der Waals surface area contributed by atoms with Crippen molar-refractivity contribution in [3.8, 4) is 5.75 Å². The number of rotatable bonds is 6. The molecule has 1 aromatic carbocycles. The van der Waals surface area contributed by atoms with Gasteiger partial charge in [0.1, 0.15) is 5.75 Å². The summed E-state index contributed by atoms with van der Waals surface area (Å²) in [7, 11) is -1.86. The van der Waals surface area contributed by atoms with Crippen LogP contribution in [-0.4, -0.2) is 20.9 Å². The first-order chi connectivity index (χ1) is 10.1. The van der Waals surface area contributed by atoms with E-state index in [4.69, 9.17) is 9.16 Å². The van der Waals surface area contributed by atoms with E-state index in [1.807, 2.05) is 19.1 Å². The Labute approximate surface area is 136 Å². The van der Waals surface area contributed by atoms with Gasteiger partial charge in [-0.05, 0) is 55.2 Å². The van der Waals surface area contributed by atoms with Gasteiger partial charge < -0.3 is 9.16 Å². The van der Waals surface area contributed by atoms with Crippen LogP contribution < -0.4 is 4.43 Å². The Hall–Kier alpha value is -1.29. The Morgan fingerprint density at radius 2 is 1.86 bits per heavy atom. The average Bonchev–Trinajstić information content (AvgIpc) is 2.39. The number of hydrogen-bond acceptors (Lipinski definition) is 3. The molecule has 0 aromatic heterocycles. The molecule has 0 aliphatic carbocycles. The predicted octanol–water partition coefficient (Wildman–Crippen LogP) is 5.34. The highest BCUT2D eigenvalue weighted by molar-refractivity contribution is 6.74. The van der Waals surface area contributed by atoms with E-state index in [9.17, 15) is 4.79 Å². The zero-order valence-electron chi connectivity index (χ0n) is 15.1. The van der Waals surface area contributed by atoms with Crippen molar-refractivity contribution in [2.45, 2.75) is 65.6 Å². The van der Waals surface area contributed by atoms with Gasteiger partial charge in [0.15, 0.2) is 0 Å². The van der Waals surface area contributed by atoms with E-state index in [2.05, 4.69) is 40.8 Å². The number of aryl methyl sites for hydroxylation is 1. The summed E-state index contributed by atoms with van der Waals surface area (Å²) in [6, 6.07) is 5.55. The number of hydrogen-bond donors (Lipinski definition) is 0. The zero-order chi connectivity index (χ0) is 17.0. The number of benzene rings is 1. The molecule has 0 fully saturated rings. The minimum Gasteiger partial charge on any atom is -0.543 e. The van der Waals surface area contributed by atoms with E-state index < -0.39 is 8.32 Å². The zero-order valence-corrected chi connectivity index (χ0v) is 16.1. The lowest BCUT2D eigenvalue weighted by atomic mass is 10.1. The summed E-state index contributed by atoms with van der Waals surface area (Å²) in [4.78, 5) is 12.0. The Morgan fingerprint density at radius 3 is 2.36 bits per heavy atom. The van der Waals surface area contributed by atoms with Gasteiger partial charge in [0.2, 0.25) is 8.32 Å². The first kappa shape index (κ1) is 18.8. The third-order valence-corrected chi connectivity index (χ3v) is 8.66. The number of unbranched alkanes of at least 4 members (excludes halogenated alkanes) is 1. The topological polar surface area (TPSA) is 35.5 Å². The number of ether oxygens (including phenoxy) is 1. The number of carbonyl (C=O) groups excluding carboxylic acids is 1. The van der Waals surface area contributed by atoms with Gasteiger partial charge in [0.25, 0.3) is 0 Å². The van der Waals surface area contributed by atoms with Crippen molar-refractivity contribution in [3.05, 3.63) is 29.3 Å². The van der Waals surface area contributed by atoms with Gasteiger partial charge in [-0.3, -0.25) is 0 Å². The normalized spacial score (nSPS) is 12.1. The van der Waals surface area contributed by atoms with Crippen molar-refractivity contribution in [3.63, 3.8) is 0 Å². The van der Waals surface area contributed by atoms with Crippen molar-refractivity contribution < 1.29 is 14.0 Å². The van der Waals surface area contributed by atoms with Crippen molar-refractivity contribution in [2.75, 3.05) is 6.61 Å². The molecule has 0 spiro atoms. The largest absolute Gasteiger partial charge is 0.543 e. The summed E-state index contributed by atoms with van der Waals surface area (Å²) in [6.45, 7) is 15.6. The average molecular weight is 323 g/mol. The molecule has 0 aliphatic rings. The molecule has 0 aliphatic heterocycles. The molecule has 0 heterocycles. The highest BCUT2D eigenvalue weighted by Gasteiger charge is 2.39. The molecule has 0 saturated heterocycles. The molecule has 1 aromatic rings. The molecule has 22 heavy (non-hydrogen) atoms. The van der Waals surface area contributed by atoms with Crippen LogP contribution in [0.3, 0.4) is 0 Å². The van der Waals surface area contributed by atoms with Gasteiger partial charge in [-0.15, -0.1) is 0 Å². The number of carbonyl (C=O) groups is 1. The third kappa shape index (κ3) is 4.87. The SMILES string of the molecule is CCCCOC(=O)c1ccc(O[Si](C)(C)C(C)(C)C)c(C)c1. The second-order valence-electron chi connectivity index (χ2n) is 7.33. The monoisotopic (exact) mass is 322 g/mol. The van der Waals surface area contributed by atoms with Crippen molar-refractivity contribution in [2.24, 2.45) is 0 Å². The van der Waals surface area contributed by atoms with Gasteiger partial charge in [-0.1, -0.05) is 34.1 Å². The van der Waals surface area contributed by atoms with E-state index in [-0.39, 0.29) is 11.0 Å². The van der Waals surface area contributed by atoms with E-state index in [0.717, 1.165) is 24.2 Å². The highest BCUT2D eigenvalue weighted by Crippen LogP contribution is 2.38. The van der Waals surface area contributed by atoms with Crippen LogP contribution in [0, 0.1) is 6.92 Å². The summed E-state index contributed by atoms with van der Waals surface area (Å²) in [5, 5.41) is 0.150. The molecular formula is C18H30O3Si. The first-order valence-electron chi connectivity index (χ1n) is 8.05. The van der Waals surface area contributed by atoms with Gasteiger partial charge >= 0.3 is 5.97 Å². The van der Waals surface area contributed by atoms with Gasteiger partial charge in [0.05, 0.1) is 12.2 Å². The fourth-order valence-corrected chi connectivity index (χ4v) is 2.80. The summed E-state index contributed by atoms with van der Waals surface area (Å²) < 4.78 is 11.6. The van der Waals surface area contributed by atoms with Crippen molar-refractivity contribution in [1.29, 1.82) is 0 Å². The van der Waals surface area contributed by atoms with E-state index in [1.165, 1.54) is 0 Å². The second-order valence-corrected chi connectivity index (χ2v) is 12.1. The fraction of sp³-hybridized carbons (Fsp3) is 0.611. The molecule has 0 N–H and O–H groups in total. The molecule has 0 bridgehead atoms. The molecule has 3 nitrogen and oxygen atoms in total. The molecule has 0 radical (unpaired) electrons. The minimum absolute atomic E-state index is 0.150. The van der Waals surface area contributed by atoms with Crippen LogP contribution >= 0.6 is 0 Å². The maximum absolute atomic E-state index is 12.0. The quantitative estimate of drug-likeness (QED) is 0.403. The van der Waals surface area contributed by atoms with Gasteiger partial charge in [0, 0.05) is 0 Å². The van der Waals surface area contributed by atoms with Crippen LogP contribution in [0.5, 0.6) is 5.75 Å². The van der Waals surface area contributed by atoms with Crippen LogP contribution in [0.1, 0.15) is 56.5 Å². The van der Waals surface area contributed by atoms with Gasteiger partial charge in [-0.2, -0.15) is 0 Å². The van der Waals surface area contributed by atoms with E-state index in [1.54, 1.807) is 6.07 Å².